The van der Waals surface area contributed by atoms with Gasteiger partial charge in [-0.2, -0.15) is 0 Å². The second-order valence-corrected chi connectivity index (χ2v) is 8.55. The molecule has 2 saturated heterocycles. The number of carbonyl (C=O) groups is 1. The topological polar surface area (TPSA) is 146 Å². The summed E-state index contributed by atoms with van der Waals surface area (Å²) in [5.41, 5.74) is 1.63. The summed E-state index contributed by atoms with van der Waals surface area (Å²) in [6, 6.07) is 0. The van der Waals surface area contributed by atoms with E-state index >= 15 is 0 Å². The molecule has 9 heteroatoms. The van der Waals surface area contributed by atoms with Crippen molar-refractivity contribution in [2.24, 2.45) is 11.8 Å². The van der Waals surface area contributed by atoms with Crippen LogP contribution in [0.4, 0.5) is 0 Å². The minimum Gasteiger partial charge on any atom is -0.461 e. The van der Waals surface area contributed by atoms with Crippen molar-refractivity contribution < 1.29 is 44.5 Å². The van der Waals surface area contributed by atoms with Crippen LogP contribution in [0, 0.1) is 11.8 Å². The number of aliphatic hydroxyl groups excluding tert-OH is 5. The lowest BCUT2D eigenvalue weighted by Crippen LogP contribution is -2.59. The van der Waals surface area contributed by atoms with Gasteiger partial charge < -0.3 is 39.7 Å². The van der Waals surface area contributed by atoms with Crippen molar-refractivity contribution in [2.45, 2.75) is 82.6 Å². The van der Waals surface area contributed by atoms with Gasteiger partial charge in [0.1, 0.15) is 30.5 Å². The van der Waals surface area contributed by atoms with Gasteiger partial charge in [-0.25, -0.2) is 0 Å². The Bertz CT molecular complexity index is 688. The lowest BCUT2D eigenvalue weighted by atomic mass is 9.82. The molecule has 0 bridgehead atoms. The molecule has 9 nitrogen and oxygen atoms in total. The van der Waals surface area contributed by atoms with E-state index in [4.69, 9.17) is 14.2 Å². The van der Waals surface area contributed by atoms with Crippen molar-refractivity contribution in [3.05, 3.63) is 23.3 Å². The molecule has 5 N–H and O–H groups in total. The Labute approximate surface area is 175 Å². The molecule has 3 rings (SSSR count). The van der Waals surface area contributed by atoms with E-state index in [1.165, 1.54) is 0 Å². The van der Waals surface area contributed by atoms with Crippen LogP contribution in [0.2, 0.25) is 0 Å². The van der Waals surface area contributed by atoms with E-state index in [1.807, 2.05) is 13.0 Å². The number of ether oxygens (including phenoxy) is 3. The predicted molar refractivity (Wildman–Crippen MR) is 104 cm³/mol. The number of rotatable bonds is 3. The Balaban J connectivity index is 1.83. The van der Waals surface area contributed by atoms with Gasteiger partial charge in [0, 0.05) is 12.3 Å². The molecular weight excluding hydrogens is 396 g/mol. The Kier molecular flexibility index (Phi) is 7.34. The first-order valence-electron chi connectivity index (χ1n) is 10.3. The van der Waals surface area contributed by atoms with Crippen LogP contribution in [0.1, 0.15) is 33.6 Å². The first-order valence-corrected chi connectivity index (χ1v) is 10.3. The molecule has 1 aliphatic carbocycles. The number of fused-ring (bicyclic) bond motifs is 1. The quantitative estimate of drug-likeness (QED) is 0.294. The molecule has 3 aliphatic rings. The maximum atomic E-state index is 12.0. The number of aliphatic hydroxyl groups is 5. The highest BCUT2D eigenvalue weighted by molar-refractivity contribution is 5.75. The van der Waals surface area contributed by atoms with Crippen LogP contribution in [0.25, 0.3) is 0 Å². The van der Waals surface area contributed by atoms with Crippen LogP contribution in [0.15, 0.2) is 23.3 Å². The van der Waals surface area contributed by atoms with Crippen molar-refractivity contribution >= 4 is 5.97 Å². The Hall–Kier alpha value is -1.33. The third-order valence-electron chi connectivity index (χ3n) is 6.33. The van der Waals surface area contributed by atoms with E-state index in [-0.39, 0.29) is 11.9 Å². The van der Waals surface area contributed by atoms with E-state index in [0.717, 1.165) is 5.57 Å². The highest BCUT2D eigenvalue weighted by atomic mass is 16.7. The summed E-state index contributed by atoms with van der Waals surface area (Å²) in [4.78, 5) is 12.0. The molecule has 0 amide bonds. The maximum absolute atomic E-state index is 12.0. The Morgan fingerprint density at radius 1 is 1.13 bits per heavy atom. The molecule has 0 aromatic carbocycles. The summed E-state index contributed by atoms with van der Waals surface area (Å²) in [7, 11) is 0. The van der Waals surface area contributed by atoms with Gasteiger partial charge in [0.25, 0.3) is 0 Å². The van der Waals surface area contributed by atoms with Crippen LogP contribution < -0.4 is 0 Å². The smallest absolute Gasteiger partial charge is 0.309 e. The molecule has 2 fully saturated rings. The minimum atomic E-state index is -1.53. The van der Waals surface area contributed by atoms with Gasteiger partial charge in [0.2, 0.25) is 0 Å². The zero-order valence-corrected chi connectivity index (χ0v) is 17.4. The monoisotopic (exact) mass is 428 g/mol. The second-order valence-electron chi connectivity index (χ2n) is 8.55. The standard InChI is InChI=1S/C21H32O9/c1-9-4-5-13(29-21-19(26)18(25)17(24)15(8-22)30-21)10(2)7-12(23)16-11(3)20(27)28-14(16)6-9/h4,7,11-19,21-26H,5-6,8H2,1-3H3/t11-,12+,13+,14-,15+,16-,17+,18-,19+,21+/m0/s1. The summed E-state index contributed by atoms with van der Waals surface area (Å²) >= 11 is 0. The molecule has 170 valence electrons. The number of esters is 1. The van der Waals surface area contributed by atoms with Crippen molar-refractivity contribution in [3.8, 4) is 0 Å². The summed E-state index contributed by atoms with van der Waals surface area (Å²) in [5.74, 6) is -1.15. The zero-order chi connectivity index (χ0) is 22.2. The molecule has 0 aromatic heterocycles. The van der Waals surface area contributed by atoms with Crippen molar-refractivity contribution in [2.75, 3.05) is 6.61 Å². The fraction of sp³-hybridized carbons (Fsp3) is 0.762. The van der Waals surface area contributed by atoms with Gasteiger partial charge in [-0.05, 0) is 25.8 Å². The summed E-state index contributed by atoms with van der Waals surface area (Å²) in [6.07, 6.45) is -4.30. The summed E-state index contributed by atoms with van der Waals surface area (Å²) in [5, 5.41) is 50.4. The number of carbonyl (C=O) groups excluding carboxylic acids is 1. The van der Waals surface area contributed by atoms with E-state index in [9.17, 15) is 30.3 Å². The predicted octanol–water partition coefficient (Wildman–Crippen LogP) is -0.604. The van der Waals surface area contributed by atoms with Crippen LogP contribution in [0.5, 0.6) is 0 Å². The average Bonchev–Trinajstić information content (AvgIpc) is 2.97. The largest absolute Gasteiger partial charge is 0.461 e. The molecule has 10 atom stereocenters. The molecular formula is C21H32O9. The molecule has 0 radical (unpaired) electrons. The summed E-state index contributed by atoms with van der Waals surface area (Å²) < 4.78 is 16.8. The highest BCUT2D eigenvalue weighted by Gasteiger charge is 2.47. The van der Waals surface area contributed by atoms with Gasteiger partial charge in [-0.1, -0.05) is 24.6 Å². The van der Waals surface area contributed by atoms with E-state index in [1.54, 1.807) is 19.9 Å². The van der Waals surface area contributed by atoms with Crippen LogP contribution in [-0.4, -0.2) is 87.1 Å². The molecule has 30 heavy (non-hydrogen) atoms. The molecule has 2 heterocycles. The third kappa shape index (κ3) is 4.62. The van der Waals surface area contributed by atoms with E-state index < -0.39 is 61.5 Å². The van der Waals surface area contributed by atoms with Crippen LogP contribution in [0.3, 0.4) is 0 Å². The SMILES string of the molecule is CC1=CC[C@@H](O[C@@H]2O[C@H](CO)[C@@H](O)[C@H](O)[C@H]2O)C(C)=C[C@@H](O)[C@H]2[C@H](C1)OC(=O)[C@H]2C. The Morgan fingerprint density at radius 2 is 1.83 bits per heavy atom. The number of hydrogen-bond acceptors (Lipinski definition) is 9. The molecule has 0 unspecified atom stereocenters. The Morgan fingerprint density at radius 3 is 2.50 bits per heavy atom. The highest BCUT2D eigenvalue weighted by Crippen LogP contribution is 2.36. The fourth-order valence-electron chi connectivity index (χ4n) is 4.39. The molecule has 2 aliphatic heterocycles. The van der Waals surface area contributed by atoms with E-state index in [0.29, 0.717) is 18.4 Å². The van der Waals surface area contributed by atoms with Crippen LogP contribution >= 0.6 is 0 Å². The van der Waals surface area contributed by atoms with Crippen molar-refractivity contribution in [3.63, 3.8) is 0 Å². The average molecular weight is 428 g/mol. The lowest BCUT2D eigenvalue weighted by molar-refractivity contribution is -0.308. The lowest BCUT2D eigenvalue weighted by Gasteiger charge is -2.41. The second kappa shape index (κ2) is 9.44. The first-order chi connectivity index (χ1) is 14.1. The fourth-order valence-corrected chi connectivity index (χ4v) is 4.39. The van der Waals surface area contributed by atoms with Gasteiger partial charge in [-0.3, -0.25) is 4.79 Å². The van der Waals surface area contributed by atoms with Gasteiger partial charge in [0.15, 0.2) is 6.29 Å². The maximum Gasteiger partial charge on any atom is 0.309 e. The zero-order valence-electron chi connectivity index (χ0n) is 17.4. The van der Waals surface area contributed by atoms with E-state index in [2.05, 4.69) is 0 Å². The normalized spacial score (nSPS) is 45.3. The van der Waals surface area contributed by atoms with Gasteiger partial charge in [0.05, 0.1) is 24.7 Å². The molecule has 0 aromatic rings. The molecule has 0 spiro atoms. The summed E-state index contributed by atoms with van der Waals surface area (Å²) in [6.45, 7) is 4.87. The number of hydrogen-bond donors (Lipinski definition) is 5. The third-order valence-corrected chi connectivity index (χ3v) is 6.33. The molecule has 0 saturated carbocycles. The van der Waals surface area contributed by atoms with Crippen LogP contribution in [-0.2, 0) is 19.0 Å². The van der Waals surface area contributed by atoms with Crippen molar-refractivity contribution in [1.29, 1.82) is 0 Å². The first kappa shape index (κ1) is 23.3. The van der Waals surface area contributed by atoms with Crippen molar-refractivity contribution in [1.82, 2.24) is 0 Å². The minimum absolute atomic E-state index is 0.323. The van der Waals surface area contributed by atoms with Gasteiger partial charge in [-0.15, -0.1) is 0 Å². The van der Waals surface area contributed by atoms with Gasteiger partial charge >= 0.3 is 5.97 Å².